The lowest BCUT2D eigenvalue weighted by Crippen LogP contribution is -2.30. The quantitative estimate of drug-likeness (QED) is 0.836. The zero-order chi connectivity index (χ0) is 12.1. The van der Waals surface area contributed by atoms with Crippen molar-refractivity contribution in [2.45, 2.75) is 13.3 Å². The van der Waals surface area contributed by atoms with Crippen LogP contribution in [0.1, 0.15) is 13.3 Å². The molecule has 1 aromatic rings. The van der Waals surface area contributed by atoms with E-state index in [0.717, 1.165) is 0 Å². The molecule has 0 saturated heterocycles. The topological polar surface area (TPSA) is 40.5 Å². The zero-order valence-electron chi connectivity index (χ0n) is 9.48. The molecular weight excluding hydrogens is 209 g/mol. The maximum Gasteiger partial charge on any atom is 0.308 e. The van der Waals surface area contributed by atoms with Crippen LogP contribution in [0.5, 0.6) is 0 Å². The Labute approximate surface area is 94.5 Å². The van der Waals surface area contributed by atoms with E-state index in [4.69, 9.17) is 5.11 Å². The zero-order valence-corrected chi connectivity index (χ0v) is 9.48. The molecule has 0 aliphatic rings. The van der Waals surface area contributed by atoms with Gasteiger partial charge in [0.15, 0.2) is 0 Å². The average molecular weight is 225 g/mol. The number of carboxylic acids is 1. The second-order valence-corrected chi connectivity index (χ2v) is 3.78. The van der Waals surface area contributed by atoms with Crippen molar-refractivity contribution in [3.8, 4) is 0 Å². The Bertz CT molecular complexity index is 368. The first-order chi connectivity index (χ1) is 7.56. The molecule has 0 radical (unpaired) electrons. The van der Waals surface area contributed by atoms with Gasteiger partial charge in [-0.25, -0.2) is 4.39 Å². The largest absolute Gasteiger partial charge is 0.481 e. The van der Waals surface area contributed by atoms with Gasteiger partial charge in [-0.2, -0.15) is 0 Å². The lowest BCUT2D eigenvalue weighted by Gasteiger charge is -2.23. The number of hydrogen-bond donors (Lipinski definition) is 1. The van der Waals surface area contributed by atoms with E-state index in [1.54, 1.807) is 30.1 Å². The second-order valence-electron chi connectivity index (χ2n) is 3.78. The van der Waals surface area contributed by atoms with E-state index >= 15 is 0 Å². The molecule has 1 atom stereocenters. The fourth-order valence-electron chi connectivity index (χ4n) is 1.57. The molecule has 3 nitrogen and oxygen atoms in total. The standard InChI is InChI=1S/C12H16FNO2/c1-3-9(12(15)16)8-14(2)11-7-5-4-6-10(11)13/h4-7,9H,3,8H2,1-2H3,(H,15,16). The van der Waals surface area contributed by atoms with Crippen LogP contribution in [0.4, 0.5) is 10.1 Å². The lowest BCUT2D eigenvalue weighted by molar-refractivity contribution is -0.141. The van der Waals surface area contributed by atoms with Crippen molar-refractivity contribution in [2.75, 3.05) is 18.5 Å². The number of benzene rings is 1. The van der Waals surface area contributed by atoms with Gasteiger partial charge in [0, 0.05) is 13.6 Å². The van der Waals surface area contributed by atoms with E-state index in [9.17, 15) is 9.18 Å². The minimum Gasteiger partial charge on any atom is -0.481 e. The van der Waals surface area contributed by atoms with Gasteiger partial charge in [0.25, 0.3) is 0 Å². The van der Waals surface area contributed by atoms with E-state index in [2.05, 4.69) is 0 Å². The van der Waals surface area contributed by atoms with Crippen LogP contribution < -0.4 is 4.90 Å². The number of hydrogen-bond acceptors (Lipinski definition) is 2. The number of halogens is 1. The molecule has 0 fully saturated rings. The highest BCUT2D eigenvalue weighted by atomic mass is 19.1. The average Bonchev–Trinajstić information content (AvgIpc) is 2.25. The van der Waals surface area contributed by atoms with Gasteiger partial charge in [0.1, 0.15) is 5.82 Å². The summed E-state index contributed by atoms with van der Waals surface area (Å²) in [7, 11) is 1.70. The number of anilines is 1. The summed E-state index contributed by atoms with van der Waals surface area (Å²) in [6.45, 7) is 2.13. The van der Waals surface area contributed by atoms with Gasteiger partial charge in [0.2, 0.25) is 0 Å². The van der Waals surface area contributed by atoms with Gasteiger partial charge in [-0.05, 0) is 18.6 Å². The van der Waals surface area contributed by atoms with E-state index < -0.39 is 11.9 Å². The predicted octanol–water partition coefficient (Wildman–Crippen LogP) is 2.37. The molecule has 0 heterocycles. The van der Waals surface area contributed by atoms with Gasteiger partial charge in [-0.3, -0.25) is 4.79 Å². The highest BCUT2D eigenvalue weighted by Crippen LogP contribution is 2.18. The number of carbonyl (C=O) groups is 1. The minimum absolute atomic E-state index is 0.312. The number of nitrogens with zero attached hydrogens (tertiary/aromatic N) is 1. The Morgan fingerprint density at radius 1 is 1.50 bits per heavy atom. The molecule has 0 aliphatic heterocycles. The van der Waals surface area contributed by atoms with E-state index in [1.807, 2.05) is 6.92 Å². The van der Waals surface area contributed by atoms with Crippen LogP contribution in [0, 0.1) is 11.7 Å². The Balaban J connectivity index is 2.75. The molecule has 1 aromatic carbocycles. The normalized spacial score (nSPS) is 12.2. The van der Waals surface area contributed by atoms with Crippen molar-refractivity contribution in [2.24, 2.45) is 5.92 Å². The third kappa shape index (κ3) is 2.95. The Hall–Kier alpha value is -1.58. The molecule has 0 spiro atoms. The molecule has 4 heteroatoms. The first-order valence-corrected chi connectivity index (χ1v) is 5.24. The smallest absolute Gasteiger partial charge is 0.308 e. The van der Waals surface area contributed by atoms with Crippen molar-refractivity contribution in [1.82, 2.24) is 0 Å². The molecule has 0 aliphatic carbocycles. The van der Waals surface area contributed by atoms with Crippen molar-refractivity contribution < 1.29 is 14.3 Å². The SMILES string of the molecule is CCC(CN(C)c1ccccc1F)C(=O)O. The maximum absolute atomic E-state index is 13.4. The van der Waals surface area contributed by atoms with Crippen LogP contribution in [0.15, 0.2) is 24.3 Å². The fraction of sp³-hybridized carbons (Fsp3) is 0.417. The summed E-state index contributed by atoms with van der Waals surface area (Å²) in [5.74, 6) is -1.64. The van der Waals surface area contributed by atoms with Crippen molar-refractivity contribution >= 4 is 11.7 Å². The number of aliphatic carboxylic acids is 1. The van der Waals surface area contributed by atoms with Gasteiger partial charge in [0.05, 0.1) is 11.6 Å². The predicted molar refractivity (Wildman–Crippen MR) is 61.1 cm³/mol. The molecule has 0 amide bonds. The van der Waals surface area contributed by atoms with Crippen LogP contribution in [0.2, 0.25) is 0 Å². The molecule has 1 N–H and O–H groups in total. The first-order valence-electron chi connectivity index (χ1n) is 5.24. The molecule has 0 bridgehead atoms. The van der Waals surface area contributed by atoms with Crippen molar-refractivity contribution in [3.63, 3.8) is 0 Å². The maximum atomic E-state index is 13.4. The fourth-order valence-corrected chi connectivity index (χ4v) is 1.57. The Morgan fingerprint density at radius 2 is 2.12 bits per heavy atom. The Morgan fingerprint density at radius 3 is 2.62 bits per heavy atom. The van der Waals surface area contributed by atoms with E-state index in [-0.39, 0.29) is 5.82 Å². The number of carboxylic acid groups (broad SMARTS) is 1. The van der Waals surface area contributed by atoms with Crippen molar-refractivity contribution in [3.05, 3.63) is 30.1 Å². The lowest BCUT2D eigenvalue weighted by atomic mass is 10.1. The summed E-state index contributed by atoms with van der Waals surface area (Å²) < 4.78 is 13.4. The third-order valence-electron chi connectivity index (χ3n) is 2.60. The highest BCUT2D eigenvalue weighted by Gasteiger charge is 2.18. The van der Waals surface area contributed by atoms with Gasteiger partial charge < -0.3 is 10.0 Å². The van der Waals surface area contributed by atoms with Crippen LogP contribution in [0.3, 0.4) is 0 Å². The summed E-state index contributed by atoms with van der Waals surface area (Å²) in [5, 5.41) is 8.92. The summed E-state index contributed by atoms with van der Waals surface area (Å²) >= 11 is 0. The monoisotopic (exact) mass is 225 g/mol. The van der Waals surface area contributed by atoms with Crippen molar-refractivity contribution in [1.29, 1.82) is 0 Å². The second kappa shape index (κ2) is 5.49. The molecular formula is C12H16FNO2. The van der Waals surface area contributed by atoms with Crippen LogP contribution in [-0.4, -0.2) is 24.7 Å². The van der Waals surface area contributed by atoms with Gasteiger partial charge in [-0.1, -0.05) is 19.1 Å². The summed E-state index contributed by atoms with van der Waals surface area (Å²) in [5.41, 5.74) is 0.433. The van der Waals surface area contributed by atoms with Crippen LogP contribution in [0.25, 0.3) is 0 Å². The van der Waals surface area contributed by atoms with Crippen LogP contribution in [-0.2, 0) is 4.79 Å². The summed E-state index contributed by atoms with van der Waals surface area (Å²) in [4.78, 5) is 12.5. The van der Waals surface area contributed by atoms with E-state index in [1.165, 1.54) is 6.07 Å². The number of rotatable bonds is 5. The van der Waals surface area contributed by atoms with Gasteiger partial charge >= 0.3 is 5.97 Å². The molecule has 88 valence electrons. The minimum atomic E-state index is -0.842. The third-order valence-corrected chi connectivity index (χ3v) is 2.60. The summed E-state index contributed by atoms with van der Waals surface area (Å²) in [6.07, 6.45) is 0.536. The molecule has 0 saturated carbocycles. The molecule has 1 unspecified atom stereocenters. The molecule has 1 rings (SSSR count). The summed E-state index contributed by atoms with van der Waals surface area (Å²) in [6, 6.07) is 6.36. The van der Waals surface area contributed by atoms with E-state index in [0.29, 0.717) is 18.7 Å². The van der Waals surface area contributed by atoms with Gasteiger partial charge in [-0.15, -0.1) is 0 Å². The molecule has 0 aromatic heterocycles. The Kier molecular flexibility index (Phi) is 4.28. The first kappa shape index (κ1) is 12.5. The molecule has 16 heavy (non-hydrogen) atoms. The highest BCUT2D eigenvalue weighted by molar-refractivity contribution is 5.71. The van der Waals surface area contributed by atoms with Crippen LogP contribution >= 0.6 is 0 Å². The number of para-hydroxylation sites is 1.